The summed E-state index contributed by atoms with van der Waals surface area (Å²) in [7, 11) is 1.71. The van der Waals surface area contributed by atoms with Crippen LogP contribution in [0.1, 0.15) is 31.4 Å². The van der Waals surface area contributed by atoms with Crippen LogP contribution in [0, 0.1) is 0 Å². The zero-order chi connectivity index (χ0) is 10.7. The van der Waals surface area contributed by atoms with Crippen LogP contribution < -0.4 is 4.74 Å². The van der Waals surface area contributed by atoms with E-state index >= 15 is 0 Å². The molecule has 0 aliphatic carbocycles. The molecule has 0 amide bonds. The fourth-order valence-electron chi connectivity index (χ4n) is 2.22. The Labute approximate surface area is 91.9 Å². The zero-order valence-corrected chi connectivity index (χ0v) is 9.57. The Morgan fingerprint density at radius 1 is 1.13 bits per heavy atom. The summed E-state index contributed by atoms with van der Waals surface area (Å²) in [5.74, 6) is 0.937. The van der Waals surface area contributed by atoms with Crippen LogP contribution in [0.4, 0.5) is 0 Å². The average Bonchev–Trinajstić information content (AvgIpc) is 2.82. The van der Waals surface area contributed by atoms with Crippen molar-refractivity contribution in [2.45, 2.75) is 25.8 Å². The molecule has 1 heterocycles. The van der Waals surface area contributed by atoms with Crippen LogP contribution in [-0.4, -0.2) is 25.1 Å². The second kappa shape index (κ2) is 4.67. The number of likely N-dealkylation sites (tertiary alicyclic amines) is 1. The van der Waals surface area contributed by atoms with E-state index in [9.17, 15) is 0 Å². The first kappa shape index (κ1) is 10.5. The minimum absolute atomic E-state index is 0.540. The quantitative estimate of drug-likeness (QED) is 0.752. The van der Waals surface area contributed by atoms with Gasteiger partial charge in [-0.15, -0.1) is 0 Å². The number of methoxy groups -OCH3 is 1. The Hall–Kier alpha value is -1.02. The van der Waals surface area contributed by atoms with Gasteiger partial charge < -0.3 is 4.74 Å². The van der Waals surface area contributed by atoms with Crippen molar-refractivity contribution in [3.8, 4) is 5.75 Å². The maximum atomic E-state index is 5.16. The largest absolute Gasteiger partial charge is 0.497 e. The van der Waals surface area contributed by atoms with Gasteiger partial charge in [-0.05, 0) is 50.6 Å². The standard InChI is InChI=1S/C13H19NO/c1-11(14-9-3-4-10-14)12-5-7-13(15-2)8-6-12/h5-8,11H,3-4,9-10H2,1-2H3/t11-/m1/s1. The molecular formula is C13H19NO. The highest BCUT2D eigenvalue weighted by molar-refractivity contribution is 5.28. The second-order valence-electron chi connectivity index (χ2n) is 4.19. The summed E-state index contributed by atoms with van der Waals surface area (Å²) in [6, 6.07) is 8.96. The minimum Gasteiger partial charge on any atom is -0.497 e. The number of hydrogen-bond acceptors (Lipinski definition) is 2. The second-order valence-corrected chi connectivity index (χ2v) is 4.19. The molecule has 0 N–H and O–H groups in total. The Morgan fingerprint density at radius 2 is 1.73 bits per heavy atom. The molecule has 0 aromatic heterocycles. The van der Waals surface area contributed by atoms with Crippen molar-refractivity contribution in [3.63, 3.8) is 0 Å². The smallest absolute Gasteiger partial charge is 0.118 e. The van der Waals surface area contributed by atoms with Gasteiger partial charge in [-0.25, -0.2) is 0 Å². The van der Waals surface area contributed by atoms with Crippen LogP contribution in [-0.2, 0) is 0 Å². The van der Waals surface area contributed by atoms with Gasteiger partial charge in [-0.3, -0.25) is 4.90 Å². The highest BCUT2D eigenvalue weighted by Gasteiger charge is 2.18. The summed E-state index contributed by atoms with van der Waals surface area (Å²) in [6.07, 6.45) is 2.70. The number of hydrogen-bond donors (Lipinski definition) is 0. The summed E-state index contributed by atoms with van der Waals surface area (Å²) >= 11 is 0. The number of rotatable bonds is 3. The first-order chi connectivity index (χ1) is 7.31. The fraction of sp³-hybridized carbons (Fsp3) is 0.538. The van der Waals surface area contributed by atoms with E-state index in [1.165, 1.54) is 31.5 Å². The number of ether oxygens (including phenoxy) is 1. The van der Waals surface area contributed by atoms with Gasteiger partial charge in [0.1, 0.15) is 5.75 Å². The van der Waals surface area contributed by atoms with E-state index in [0.717, 1.165) is 5.75 Å². The molecule has 1 fully saturated rings. The van der Waals surface area contributed by atoms with Crippen LogP contribution in [0.2, 0.25) is 0 Å². The maximum absolute atomic E-state index is 5.16. The number of nitrogens with zero attached hydrogens (tertiary/aromatic N) is 1. The Bertz CT molecular complexity index is 301. The lowest BCUT2D eigenvalue weighted by Gasteiger charge is -2.24. The van der Waals surface area contributed by atoms with Gasteiger partial charge in [0.25, 0.3) is 0 Å². The van der Waals surface area contributed by atoms with E-state index in [4.69, 9.17) is 4.74 Å². The molecule has 0 spiro atoms. The molecule has 82 valence electrons. The van der Waals surface area contributed by atoms with Crippen molar-refractivity contribution < 1.29 is 4.74 Å². The summed E-state index contributed by atoms with van der Waals surface area (Å²) in [4.78, 5) is 2.54. The van der Waals surface area contributed by atoms with Gasteiger partial charge in [-0.2, -0.15) is 0 Å². The predicted molar refractivity (Wildman–Crippen MR) is 62.2 cm³/mol. The van der Waals surface area contributed by atoms with Crippen molar-refractivity contribution in [2.75, 3.05) is 20.2 Å². The molecule has 1 aromatic carbocycles. The van der Waals surface area contributed by atoms with Crippen LogP contribution in [0.5, 0.6) is 5.75 Å². The summed E-state index contributed by atoms with van der Waals surface area (Å²) in [5.41, 5.74) is 1.39. The topological polar surface area (TPSA) is 12.5 Å². The lowest BCUT2D eigenvalue weighted by atomic mass is 10.1. The van der Waals surface area contributed by atoms with Gasteiger partial charge in [-0.1, -0.05) is 12.1 Å². The van der Waals surface area contributed by atoms with Gasteiger partial charge in [0, 0.05) is 6.04 Å². The summed E-state index contributed by atoms with van der Waals surface area (Å²) in [5, 5.41) is 0. The van der Waals surface area contributed by atoms with Gasteiger partial charge >= 0.3 is 0 Å². The van der Waals surface area contributed by atoms with E-state index in [2.05, 4.69) is 24.0 Å². The van der Waals surface area contributed by atoms with Gasteiger partial charge in [0.15, 0.2) is 0 Å². The van der Waals surface area contributed by atoms with E-state index in [-0.39, 0.29) is 0 Å². The van der Waals surface area contributed by atoms with Crippen LogP contribution in [0.25, 0.3) is 0 Å². The van der Waals surface area contributed by atoms with Gasteiger partial charge in [0.05, 0.1) is 7.11 Å². The molecule has 2 heteroatoms. The van der Waals surface area contributed by atoms with Crippen molar-refractivity contribution in [1.82, 2.24) is 4.90 Å². The van der Waals surface area contributed by atoms with Gasteiger partial charge in [0.2, 0.25) is 0 Å². The van der Waals surface area contributed by atoms with Crippen molar-refractivity contribution in [1.29, 1.82) is 0 Å². The number of benzene rings is 1. The molecule has 1 aliphatic heterocycles. The molecule has 0 saturated carbocycles. The molecular weight excluding hydrogens is 186 g/mol. The molecule has 2 rings (SSSR count). The molecule has 1 saturated heterocycles. The lowest BCUT2D eigenvalue weighted by molar-refractivity contribution is 0.263. The normalized spacial score (nSPS) is 19.1. The Kier molecular flexibility index (Phi) is 3.27. The molecule has 0 radical (unpaired) electrons. The maximum Gasteiger partial charge on any atom is 0.118 e. The molecule has 1 aromatic rings. The third kappa shape index (κ3) is 2.32. The van der Waals surface area contributed by atoms with Crippen molar-refractivity contribution in [2.24, 2.45) is 0 Å². The highest BCUT2D eigenvalue weighted by atomic mass is 16.5. The van der Waals surface area contributed by atoms with E-state index in [0.29, 0.717) is 6.04 Å². The predicted octanol–water partition coefficient (Wildman–Crippen LogP) is 2.85. The summed E-state index contributed by atoms with van der Waals surface area (Å²) < 4.78 is 5.16. The third-order valence-corrected chi connectivity index (χ3v) is 3.29. The Morgan fingerprint density at radius 3 is 2.27 bits per heavy atom. The molecule has 0 bridgehead atoms. The Balaban J connectivity index is 2.07. The van der Waals surface area contributed by atoms with E-state index in [1.807, 2.05) is 12.1 Å². The minimum atomic E-state index is 0.540. The average molecular weight is 205 g/mol. The molecule has 2 nitrogen and oxygen atoms in total. The van der Waals surface area contributed by atoms with Crippen molar-refractivity contribution >= 4 is 0 Å². The van der Waals surface area contributed by atoms with E-state index in [1.54, 1.807) is 7.11 Å². The van der Waals surface area contributed by atoms with Crippen molar-refractivity contribution in [3.05, 3.63) is 29.8 Å². The molecule has 0 unspecified atom stereocenters. The van der Waals surface area contributed by atoms with Crippen LogP contribution in [0.3, 0.4) is 0 Å². The van der Waals surface area contributed by atoms with Crippen LogP contribution >= 0.6 is 0 Å². The van der Waals surface area contributed by atoms with E-state index < -0.39 is 0 Å². The zero-order valence-electron chi connectivity index (χ0n) is 9.57. The molecule has 15 heavy (non-hydrogen) atoms. The summed E-state index contributed by atoms with van der Waals surface area (Å²) in [6.45, 7) is 4.77. The highest BCUT2D eigenvalue weighted by Crippen LogP contribution is 2.25. The first-order valence-electron chi connectivity index (χ1n) is 5.69. The first-order valence-corrected chi connectivity index (χ1v) is 5.69. The lowest BCUT2D eigenvalue weighted by Crippen LogP contribution is -2.23. The van der Waals surface area contributed by atoms with Crippen LogP contribution in [0.15, 0.2) is 24.3 Å². The monoisotopic (exact) mass is 205 g/mol. The third-order valence-electron chi connectivity index (χ3n) is 3.29. The molecule has 1 aliphatic rings. The molecule has 1 atom stereocenters. The fourth-order valence-corrected chi connectivity index (χ4v) is 2.22. The SMILES string of the molecule is COc1ccc([C@@H](C)N2CCCC2)cc1.